The number of carbonyl (C=O) groups is 3. The molecule has 2 rings (SSSR count). The van der Waals surface area contributed by atoms with Crippen LogP contribution in [-0.2, 0) is 14.3 Å². The van der Waals surface area contributed by atoms with Crippen molar-refractivity contribution >= 4 is 17.6 Å². The highest BCUT2D eigenvalue weighted by atomic mass is 16.5. The summed E-state index contributed by atoms with van der Waals surface area (Å²) in [5, 5.41) is 5.52. The molecule has 1 aliphatic rings. The smallest absolute Gasteiger partial charge is 0.251 e. The maximum Gasteiger partial charge on any atom is 0.251 e. The number of Topliss-reactive ketones (excluding diaryl/α,β-unsaturated/α-hetero) is 1. The first-order valence-electron chi connectivity index (χ1n) is 8.48. The van der Waals surface area contributed by atoms with Crippen molar-refractivity contribution in [3.05, 3.63) is 35.9 Å². The molecule has 3 atom stereocenters. The fourth-order valence-corrected chi connectivity index (χ4v) is 2.77. The van der Waals surface area contributed by atoms with E-state index in [9.17, 15) is 14.4 Å². The Morgan fingerprint density at radius 3 is 2.40 bits per heavy atom. The molecule has 6 heteroatoms. The van der Waals surface area contributed by atoms with Gasteiger partial charge in [-0.2, -0.15) is 0 Å². The van der Waals surface area contributed by atoms with Crippen LogP contribution in [0.15, 0.2) is 30.3 Å². The standard InChI is InChI=1S/C19H26N2O4/c1-12-16(15(22)11-25-12)21-18(24)14(10-19(2,3)4)20-17(23)13-8-6-5-7-9-13/h5-9,12,14,16H,10-11H2,1-4H3,(H,20,23)(H,21,24)/t12-,14-,16?/m0/s1. The van der Waals surface area contributed by atoms with Gasteiger partial charge in [0.05, 0.1) is 6.10 Å². The summed E-state index contributed by atoms with van der Waals surface area (Å²) in [4.78, 5) is 37.0. The van der Waals surface area contributed by atoms with E-state index in [0.29, 0.717) is 12.0 Å². The van der Waals surface area contributed by atoms with Gasteiger partial charge in [0.15, 0.2) is 5.78 Å². The fourth-order valence-electron chi connectivity index (χ4n) is 2.77. The van der Waals surface area contributed by atoms with Crippen molar-refractivity contribution in [3.63, 3.8) is 0 Å². The van der Waals surface area contributed by atoms with Crippen LogP contribution in [0.2, 0.25) is 0 Å². The van der Waals surface area contributed by atoms with Crippen molar-refractivity contribution in [1.82, 2.24) is 10.6 Å². The largest absolute Gasteiger partial charge is 0.368 e. The molecule has 2 amide bonds. The topological polar surface area (TPSA) is 84.5 Å². The zero-order valence-electron chi connectivity index (χ0n) is 15.2. The second-order valence-electron chi connectivity index (χ2n) is 7.63. The number of nitrogens with one attached hydrogen (secondary N) is 2. The molecule has 0 radical (unpaired) electrons. The van der Waals surface area contributed by atoms with E-state index in [1.165, 1.54) is 0 Å². The minimum Gasteiger partial charge on any atom is -0.368 e. The molecule has 1 saturated heterocycles. The molecule has 25 heavy (non-hydrogen) atoms. The van der Waals surface area contributed by atoms with Gasteiger partial charge in [0.25, 0.3) is 5.91 Å². The number of ketones is 1. The predicted octanol–water partition coefficient (Wildman–Crippen LogP) is 1.69. The first-order chi connectivity index (χ1) is 11.7. The Morgan fingerprint density at radius 2 is 1.88 bits per heavy atom. The Hall–Kier alpha value is -2.21. The van der Waals surface area contributed by atoms with E-state index < -0.39 is 12.1 Å². The second kappa shape index (κ2) is 7.78. The van der Waals surface area contributed by atoms with Gasteiger partial charge >= 0.3 is 0 Å². The molecule has 136 valence electrons. The highest BCUT2D eigenvalue weighted by Crippen LogP contribution is 2.21. The van der Waals surface area contributed by atoms with Crippen LogP contribution in [0.1, 0.15) is 44.5 Å². The van der Waals surface area contributed by atoms with Crippen LogP contribution in [0, 0.1) is 5.41 Å². The van der Waals surface area contributed by atoms with E-state index >= 15 is 0 Å². The summed E-state index contributed by atoms with van der Waals surface area (Å²) >= 11 is 0. The molecule has 1 unspecified atom stereocenters. The van der Waals surface area contributed by atoms with Crippen molar-refractivity contribution in [2.75, 3.05) is 6.61 Å². The Balaban J connectivity index is 2.10. The first kappa shape index (κ1) is 19.1. The summed E-state index contributed by atoms with van der Waals surface area (Å²) in [6.07, 6.45) is 0.0876. The van der Waals surface area contributed by atoms with Gasteiger partial charge in [-0.05, 0) is 30.9 Å². The van der Waals surface area contributed by atoms with Crippen LogP contribution in [0.3, 0.4) is 0 Å². The number of benzene rings is 1. The van der Waals surface area contributed by atoms with E-state index in [1.54, 1.807) is 31.2 Å². The minimum absolute atomic E-state index is 0.00637. The third-order valence-electron chi connectivity index (χ3n) is 4.08. The van der Waals surface area contributed by atoms with Gasteiger partial charge in [-0.15, -0.1) is 0 Å². The van der Waals surface area contributed by atoms with Crippen molar-refractivity contribution in [1.29, 1.82) is 0 Å². The molecule has 1 aliphatic heterocycles. The average molecular weight is 346 g/mol. The van der Waals surface area contributed by atoms with Gasteiger partial charge in [-0.3, -0.25) is 14.4 Å². The summed E-state index contributed by atoms with van der Waals surface area (Å²) in [6.45, 7) is 7.74. The van der Waals surface area contributed by atoms with Crippen LogP contribution in [-0.4, -0.2) is 42.4 Å². The Labute approximate surface area is 148 Å². The Kier molecular flexibility index (Phi) is 5.95. The van der Waals surface area contributed by atoms with Gasteiger partial charge in [-0.1, -0.05) is 39.0 Å². The van der Waals surface area contributed by atoms with Crippen molar-refractivity contribution in [3.8, 4) is 0 Å². The number of rotatable bonds is 5. The van der Waals surface area contributed by atoms with Gasteiger partial charge < -0.3 is 15.4 Å². The van der Waals surface area contributed by atoms with Crippen LogP contribution in [0.5, 0.6) is 0 Å². The highest BCUT2D eigenvalue weighted by molar-refractivity contribution is 5.98. The zero-order valence-corrected chi connectivity index (χ0v) is 15.2. The van der Waals surface area contributed by atoms with Gasteiger partial charge in [0.2, 0.25) is 5.91 Å². The molecule has 1 fully saturated rings. The Morgan fingerprint density at radius 1 is 1.24 bits per heavy atom. The summed E-state index contributed by atoms with van der Waals surface area (Å²) in [6, 6.07) is 7.35. The van der Waals surface area contributed by atoms with E-state index in [1.807, 2.05) is 26.8 Å². The molecule has 1 aromatic carbocycles. The van der Waals surface area contributed by atoms with E-state index in [4.69, 9.17) is 4.74 Å². The lowest BCUT2D eigenvalue weighted by atomic mass is 9.87. The van der Waals surface area contributed by atoms with Crippen LogP contribution in [0.25, 0.3) is 0 Å². The average Bonchev–Trinajstić information content (AvgIpc) is 2.85. The molecule has 0 aliphatic carbocycles. The maximum atomic E-state index is 12.7. The predicted molar refractivity (Wildman–Crippen MR) is 94.1 cm³/mol. The normalized spacial score (nSPS) is 21.7. The van der Waals surface area contributed by atoms with Crippen molar-refractivity contribution < 1.29 is 19.1 Å². The molecule has 0 bridgehead atoms. The summed E-state index contributed by atoms with van der Waals surface area (Å²) in [7, 11) is 0. The van der Waals surface area contributed by atoms with Crippen LogP contribution < -0.4 is 10.6 Å². The number of hydrogen-bond donors (Lipinski definition) is 2. The molecule has 0 spiro atoms. The molecule has 1 aromatic rings. The lowest BCUT2D eigenvalue weighted by Gasteiger charge is -2.27. The van der Waals surface area contributed by atoms with E-state index in [-0.39, 0.29) is 35.7 Å². The second-order valence-corrected chi connectivity index (χ2v) is 7.63. The minimum atomic E-state index is -0.728. The molecule has 2 N–H and O–H groups in total. The lowest BCUT2D eigenvalue weighted by molar-refractivity contribution is -0.128. The van der Waals surface area contributed by atoms with Crippen molar-refractivity contribution in [2.24, 2.45) is 5.41 Å². The molecule has 6 nitrogen and oxygen atoms in total. The van der Waals surface area contributed by atoms with Gasteiger partial charge in [0.1, 0.15) is 18.7 Å². The number of carbonyl (C=O) groups excluding carboxylic acids is 3. The number of amides is 2. The molecule has 1 heterocycles. The third kappa shape index (κ3) is 5.39. The van der Waals surface area contributed by atoms with E-state index in [2.05, 4.69) is 10.6 Å². The summed E-state index contributed by atoms with van der Waals surface area (Å²) < 4.78 is 5.26. The first-order valence-corrected chi connectivity index (χ1v) is 8.48. The zero-order chi connectivity index (χ0) is 18.6. The Bertz CT molecular complexity index is 637. The number of hydrogen-bond acceptors (Lipinski definition) is 4. The number of ether oxygens (including phenoxy) is 1. The van der Waals surface area contributed by atoms with Crippen LogP contribution in [0.4, 0.5) is 0 Å². The molecular formula is C19H26N2O4. The maximum absolute atomic E-state index is 12.7. The van der Waals surface area contributed by atoms with Crippen LogP contribution >= 0.6 is 0 Å². The fraction of sp³-hybridized carbons (Fsp3) is 0.526. The molecule has 0 aromatic heterocycles. The summed E-state index contributed by atoms with van der Waals surface area (Å²) in [5.41, 5.74) is 0.316. The van der Waals surface area contributed by atoms with Crippen molar-refractivity contribution in [2.45, 2.75) is 52.3 Å². The van der Waals surface area contributed by atoms with Gasteiger partial charge in [0, 0.05) is 5.56 Å². The quantitative estimate of drug-likeness (QED) is 0.850. The third-order valence-corrected chi connectivity index (χ3v) is 4.08. The SMILES string of the molecule is C[C@@H]1OCC(=O)C1NC(=O)[C@H](CC(C)(C)C)NC(=O)c1ccccc1. The van der Waals surface area contributed by atoms with Gasteiger partial charge in [-0.25, -0.2) is 0 Å². The molecular weight excluding hydrogens is 320 g/mol. The van der Waals surface area contributed by atoms with E-state index in [0.717, 1.165) is 0 Å². The molecule has 0 saturated carbocycles. The summed E-state index contributed by atoms with van der Waals surface area (Å²) in [5.74, 6) is -0.827. The lowest BCUT2D eigenvalue weighted by Crippen LogP contribution is -2.53. The monoisotopic (exact) mass is 346 g/mol. The highest BCUT2D eigenvalue weighted by Gasteiger charge is 2.36.